The molecule has 0 aliphatic carbocycles. The Balaban J connectivity index is 2.92. The van der Waals surface area contributed by atoms with Crippen LogP contribution >= 0.6 is 11.6 Å². The molecular formula is C14H18ClNO4. The third-order valence-corrected chi connectivity index (χ3v) is 2.46. The van der Waals surface area contributed by atoms with E-state index >= 15 is 0 Å². The summed E-state index contributed by atoms with van der Waals surface area (Å²) in [6.07, 6.45) is 0.892. The zero-order chi connectivity index (χ0) is 15.0. The number of anilines is 1. The highest BCUT2D eigenvalue weighted by Crippen LogP contribution is 2.38. The van der Waals surface area contributed by atoms with Crippen LogP contribution in [0.2, 0.25) is 5.02 Å². The second kappa shape index (κ2) is 8.32. The highest BCUT2D eigenvalue weighted by Gasteiger charge is 2.13. The molecule has 0 unspecified atom stereocenters. The Kier molecular flexibility index (Phi) is 6.73. The fraction of sp³-hybridized carbons (Fsp3) is 0.357. The van der Waals surface area contributed by atoms with Gasteiger partial charge in [-0.05, 0) is 19.9 Å². The number of benzene rings is 1. The number of ether oxygens (including phenoxy) is 3. The van der Waals surface area contributed by atoms with Gasteiger partial charge in [-0.25, -0.2) is 4.79 Å². The first-order valence-corrected chi connectivity index (χ1v) is 6.63. The van der Waals surface area contributed by atoms with Crippen molar-refractivity contribution in [3.63, 3.8) is 0 Å². The standard InChI is InChI=1S/C14H18ClNO4/c1-4-7-20-14(17)16-10-8-11(15)13(19-6-3)12(9-10)18-5-2/h4,8-9H,1,5-7H2,2-3H3,(H,16,17). The van der Waals surface area contributed by atoms with E-state index in [1.807, 2.05) is 13.8 Å². The first-order chi connectivity index (χ1) is 9.62. The number of carbonyl (C=O) groups excluding carboxylic acids is 1. The van der Waals surface area contributed by atoms with Crippen LogP contribution in [0.4, 0.5) is 10.5 Å². The second-order valence-electron chi connectivity index (χ2n) is 3.66. The Labute approximate surface area is 123 Å². The topological polar surface area (TPSA) is 56.8 Å². The minimum atomic E-state index is -0.590. The van der Waals surface area contributed by atoms with E-state index in [1.54, 1.807) is 12.1 Å². The summed E-state index contributed by atoms with van der Waals surface area (Å²) in [6.45, 7) is 8.22. The van der Waals surface area contributed by atoms with Gasteiger partial charge in [-0.1, -0.05) is 24.3 Å². The number of nitrogens with one attached hydrogen (secondary N) is 1. The molecule has 6 heteroatoms. The number of hydrogen-bond donors (Lipinski definition) is 1. The van der Waals surface area contributed by atoms with Gasteiger partial charge < -0.3 is 14.2 Å². The van der Waals surface area contributed by atoms with Crippen molar-refractivity contribution in [3.8, 4) is 11.5 Å². The van der Waals surface area contributed by atoms with E-state index in [9.17, 15) is 4.79 Å². The molecule has 1 rings (SSSR count). The van der Waals surface area contributed by atoms with Crippen molar-refractivity contribution in [1.29, 1.82) is 0 Å². The molecule has 110 valence electrons. The summed E-state index contributed by atoms with van der Waals surface area (Å²) >= 11 is 6.12. The molecule has 20 heavy (non-hydrogen) atoms. The molecule has 0 aliphatic heterocycles. The lowest BCUT2D eigenvalue weighted by molar-refractivity contribution is 0.174. The van der Waals surface area contributed by atoms with E-state index in [1.165, 1.54) is 6.08 Å². The summed E-state index contributed by atoms with van der Waals surface area (Å²) < 4.78 is 15.7. The summed E-state index contributed by atoms with van der Waals surface area (Å²) in [6, 6.07) is 3.21. The van der Waals surface area contributed by atoms with E-state index < -0.39 is 6.09 Å². The predicted octanol–water partition coefficient (Wildman–Crippen LogP) is 3.87. The number of halogens is 1. The summed E-state index contributed by atoms with van der Waals surface area (Å²) in [5.74, 6) is 0.932. The largest absolute Gasteiger partial charge is 0.490 e. The van der Waals surface area contributed by atoms with Gasteiger partial charge in [0.1, 0.15) is 6.61 Å². The molecule has 1 amide bonds. The minimum absolute atomic E-state index is 0.134. The van der Waals surface area contributed by atoms with Gasteiger partial charge >= 0.3 is 6.09 Å². The van der Waals surface area contributed by atoms with Crippen molar-refractivity contribution in [2.45, 2.75) is 13.8 Å². The zero-order valence-corrected chi connectivity index (χ0v) is 12.3. The molecule has 0 saturated heterocycles. The maximum atomic E-state index is 11.5. The minimum Gasteiger partial charge on any atom is -0.490 e. The Morgan fingerprint density at radius 3 is 2.65 bits per heavy atom. The van der Waals surface area contributed by atoms with Crippen LogP contribution in [0.15, 0.2) is 24.8 Å². The molecule has 1 aromatic carbocycles. The van der Waals surface area contributed by atoms with Gasteiger partial charge in [-0.2, -0.15) is 0 Å². The first-order valence-electron chi connectivity index (χ1n) is 6.26. The van der Waals surface area contributed by atoms with Gasteiger partial charge in [0.25, 0.3) is 0 Å². The van der Waals surface area contributed by atoms with Crippen molar-refractivity contribution >= 4 is 23.4 Å². The highest BCUT2D eigenvalue weighted by atomic mass is 35.5. The zero-order valence-electron chi connectivity index (χ0n) is 11.6. The highest BCUT2D eigenvalue weighted by molar-refractivity contribution is 6.32. The quantitative estimate of drug-likeness (QED) is 0.776. The molecule has 0 spiro atoms. The van der Waals surface area contributed by atoms with E-state index in [-0.39, 0.29) is 6.61 Å². The number of hydrogen-bond acceptors (Lipinski definition) is 4. The summed E-state index contributed by atoms with van der Waals surface area (Å²) in [5, 5.41) is 2.91. The fourth-order valence-corrected chi connectivity index (χ4v) is 1.74. The van der Waals surface area contributed by atoms with Crippen molar-refractivity contribution in [2.24, 2.45) is 0 Å². The van der Waals surface area contributed by atoms with Crippen LogP contribution in [0.5, 0.6) is 11.5 Å². The Hall–Kier alpha value is -1.88. The molecular weight excluding hydrogens is 282 g/mol. The molecule has 0 radical (unpaired) electrons. The smallest absolute Gasteiger partial charge is 0.411 e. The third kappa shape index (κ3) is 4.66. The fourth-order valence-electron chi connectivity index (χ4n) is 1.48. The van der Waals surface area contributed by atoms with Crippen molar-refractivity contribution in [1.82, 2.24) is 0 Å². The number of amides is 1. The third-order valence-electron chi connectivity index (χ3n) is 2.18. The van der Waals surface area contributed by atoms with Gasteiger partial charge in [0.2, 0.25) is 0 Å². The lowest BCUT2D eigenvalue weighted by atomic mass is 10.2. The average Bonchev–Trinajstić information content (AvgIpc) is 2.40. The molecule has 0 bridgehead atoms. The van der Waals surface area contributed by atoms with Crippen LogP contribution in [0.3, 0.4) is 0 Å². The molecule has 0 aromatic heterocycles. The molecule has 0 aliphatic rings. The van der Waals surface area contributed by atoms with E-state index in [2.05, 4.69) is 11.9 Å². The van der Waals surface area contributed by atoms with Crippen LogP contribution in [0.1, 0.15) is 13.8 Å². The number of rotatable bonds is 7. The second-order valence-corrected chi connectivity index (χ2v) is 4.07. The SMILES string of the molecule is C=CCOC(=O)Nc1cc(Cl)c(OCC)c(OCC)c1. The van der Waals surface area contributed by atoms with Crippen molar-refractivity contribution < 1.29 is 19.0 Å². The maximum absolute atomic E-state index is 11.5. The summed E-state index contributed by atoms with van der Waals surface area (Å²) in [4.78, 5) is 11.5. The summed E-state index contributed by atoms with van der Waals surface area (Å²) in [5.41, 5.74) is 0.468. The molecule has 0 fully saturated rings. The van der Waals surface area contributed by atoms with Gasteiger partial charge in [0.05, 0.1) is 18.2 Å². The lowest BCUT2D eigenvalue weighted by Gasteiger charge is -2.14. The maximum Gasteiger partial charge on any atom is 0.411 e. The van der Waals surface area contributed by atoms with Gasteiger partial charge in [-0.15, -0.1) is 0 Å². The van der Waals surface area contributed by atoms with Crippen LogP contribution in [0.25, 0.3) is 0 Å². The Bertz CT molecular complexity index is 476. The molecule has 5 nitrogen and oxygen atoms in total. The van der Waals surface area contributed by atoms with Gasteiger partial charge in [0.15, 0.2) is 11.5 Å². The van der Waals surface area contributed by atoms with E-state index in [4.69, 9.17) is 25.8 Å². The van der Waals surface area contributed by atoms with Crippen LogP contribution in [0, 0.1) is 0 Å². The van der Waals surface area contributed by atoms with Gasteiger partial charge in [-0.3, -0.25) is 5.32 Å². The molecule has 1 aromatic rings. The van der Waals surface area contributed by atoms with Gasteiger partial charge in [0, 0.05) is 11.8 Å². The monoisotopic (exact) mass is 299 g/mol. The molecule has 0 atom stereocenters. The first kappa shape index (κ1) is 16.2. The van der Waals surface area contributed by atoms with Crippen LogP contribution in [-0.4, -0.2) is 25.9 Å². The van der Waals surface area contributed by atoms with Crippen molar-refractivity contribution in [2.75, 3.05) is 25.1 Å². The lowest BCUT2D eigenvalue weighted by Crippen LogP contribution is -2.13. The normalized spacial score (nSPS) is 9.75. The number of carbonyl (C=O) groups is 1. The predicted molar refractivity (Wildman–Crippen MR) is 79.0 cm³/mol. The van der Waals surface area contributed by atoms with Crippen LogP contribution in [-0.2, 0) is 4.74 Å². The van der Waals surface area contributed by atoms with E-state index in [0.29, 0.717) is 35.4 Å². The van der Waals surface area contributed by atoms with Crippen molar-refractivity contribution in [3.05, 3.63) is 29.8 Å². The molecule has 0 heterocycles. The molecule has 0 saturated carbocycles. The molecule has 1 N–H and O–H groups in total. The average molecular weight is 300 g/mol. The Morgan fingerprint density at radius 2 is 2.05 bits per heavy atom. The summed E-state index contributed by atoms with van der Waals surface area (Å²) in [7, 11) is 0. The van der Waals surface area contributed by atoms with Crippen LogP contribution < -0.4 is 14.8 Å². The van der Waals surface area contributed by atoms with E-state index in [0.717, 1.165) is 0 Å². The Morgan fingerprint density at radius 1 is 1.35 bits per heavy atom.